The van der Waals surface area contributed by atoms with Gasteiger partial charge in [-0.25, -0.2) is 0 Å². The highest BCUT2D eigenvalue weighted by molar-refractivity contribution is 4.89. The van der Waals surface area contributed by atoms with Crippen molar-refractivity contribution in [3.05, 3.63) is 11.7 Å². The molecule has 1 atom stereocenters. The average Bonchev–Trinajstić information content (AvgIpc) is 2.63. The van der Waals surface area contributed by atoms with E-state index in [9.17, 15) is 0 Å². The number of aryl methyl sites for hydroxylation is 1. The van der Waals surface area contributed by atoms with Gasteiger partial charge in [-0.2, -0.15) is 10.2 Å². The topological polar surface area (TPSA) is 62.7 Å². The highest BCUT2D eigenvalue weighted by Gasteiger charge is 2.10. The van der Waals surface area contributed by atoms with E-state index < -0.39 is 0 Å². The largest absolute Gasteiger partial charge is 0.339 e. The van der Waals surface area contributed by atoms with E-state index in [1.807, 2.05) is 6.92 Å². The van der Waals surface area contributed by atoms with Crippen molar-refractivity contribution < 1.29 is 4.52 Å². The molecule has 0 saturated heterocycles. The predicted octanol–water partition coefficient (Wildman–Crippen LogP) is 2.50. The minimum atomic E-state index is 0.287. The summed E-state index contributed by atoms with van der Waals surface area (Å²) in [4.78, 5) is 4.28. The zero-order valence-electron chi connectivity index (χ0n) is 9.36. The van der Waals surface area contributed by atoms with E-state index in [0.717, 1.165) is 25.1 Å². The fourth-order valence-electron chi connectivity index (χ4n) is 1.34. The van der Waals surface area contributed by atoms with Crippen LogP contribution in [0.4, 0.5) is 0 Å². The van der Waals surface area contributed by atoms with Crippen LogP contribution in [0.2, 0.25) is 0 Å². The molecule has 0 aliphatic carbocycles. The van der Waals surface area contributed by atoms with Crippen LogP contribution in [-0.4, -0.2) is 10.1 Å². The lowest BCUT2D eigenvalue weighted by Crippen LogP contribution is -1.99. The lowest BCUT2D eigenvalue weighted by Gasteiger charge is -2.00. The van der Waals surface area contributed by atoms with Crippen LogP contribution in [-0.2, 0) is 12.8 Å². The Balaban J connectivity index is 2.42. The molecule has 0 fully saturated rings. The van der Waals surface area contributed by atoms with Crippen molar-refractivity contribution in [2.75, 3.05) is 0 Å². The SMILES string of the molecule is CCCCc1noc(CC(C)CC#N)n1. The fourth-order valence-corrected chi connectivity index (χ4v) is 1.34. The maximum absolute atomic E-state index is 8.52. The molecule has 1 unspecified atom stereocenters. The Morgan fingerprint density at radius 2 is 2.33 bits per heavy atom. The lowest BCUT2D eigenvalue weighted by atomic mass is 10.1. The smallest absolute Gasteiger partial charge is 0.226 e. The highest BCUT2D eigenvalue weighted by atomic mass is 16.5. The zero-order valence-corrected chi connectivity index (χ0v) is 9.36. The Morgan fingerprint density at radius 1 is 1.53 bits per heavy atom. The van der Waals surface area contributed by atoms with Gasteiger partial charge in [0.2, 0.25) is 5.89 Å². The second-order valence-electron chi connectivity index (χ2n) is 3.88. The first kappa shape index (κ1) is 11.7. The van der Waals surface area contributed by atoms with Crippen LogP contribution < -0.4 is 0 Å². The Bertz CT molecular complexity index is 327. The average molecular weight is 207 g/mol. The predicted molar refractivity (Wildman–Crippen MR) is 56.0 cm³/mol. The van der Waals surface area contributed by atoms with Gasteiger partial charge in [0.25, 0.3) is 0 Å². The van der Waals surface area contributed by atoms with Gasteiger partial charge in [0.15, 0.2) is 5.82 Å². The summed E-state index contributed by atoms with van der Waals surface area (Å²) in [6, 6.07) is 2.14. The maximum atomic E-state index is 8.52. The standard InChI is InChI=1S/C11H17N3O/c1-3-4-5-10-13-11(15-14-10)8-9(2)6-7-12/h9H,3-6,8H2,1-2H3. The van der Waals surface area contributed by atoms with E-state index >= 15 is 0 Å². The number of nitriles is 1. The Kier molecular flexibility index (Phi) is 4.82. The third-order valence-electron chi connectivity index (χ3n) is 2.23. The molecule has 4 nitrogen and oxygen atoms in total. The molecule has 0 aliphatic rings. The summed E-state index contributed by atoms with van der Waals surface area (Å²) in [5.74, 6) is 1.73. The summed E-state index contributed by atoms with van der Waals surface area (Å²) < 4.78 is 5.11. The maximum Gasteiger partial charge on any atom is 0.226 e. The van der Waals surface area contributed by atoms with Gasteiger partial charge in [-0.1, -0.05) is 25.4 Å². The molecule has 0 amide bonds. The molecule has 0 N–H and O–H groups in total. The molecule has 0 spiro atoms. The minimum absolute atomic E-state index is 0.287. The van der Waals surface area contributed by atoms with E-state index in [4.69, 9.17) is 9.78 Å². The van der Waals surface area contributed by atoms with Crippen molar-refractivity contribution in [1.29, 1.82) is 5.26 Å². The quantitative estimate of drug-likeness (QED) is 0.719. The van der Waals surface area contributed by atoms with Crippen molar-refractivity contribution in [2.24, 2.45) is 5.92 Å². The van der Waals surface area contributed by atoms with Gasteiger partial charge in [-0.05, 0) is 12.3 Å². The van der Waals surface area contributed by atoms with E-state index in [1.165, 1.54) is 0 Å². The number of nitrogens with zero attached hydrogens (tertiary/aromatic N) is 3. The first-order valence-corrected chi connectivity index (χ1v) is 5.44. The first-order valence-electron chi connectivity index (χ1n) is 5.44. The van der Waals surface area contributed by atoms with E-state index in [-0.39, 0.29) is 5.92 Å². The molecular weight excluding hydrogens is 190 g/mol. The van der Waals surface area contributed by atoms with Crippen LogP contribution in [0.15, 0.2) is 4.52 Å². The summed E-state index contributed by atoms with van der Waals surface area (Å²) in [5.41, 5.74) is 0. The van der Waals surface area contributed by atoms with Crippen LogP contribution in [0.3, 0.4) is 0 Å². The van der Waals surface area contributed by atoms with Crippen molar-refractivity contribution >= 4 is 0 Å². The monoisotopic (exact) mass is 207 g/mol. The molecular formula is C11H17N3O. The summed E-state index contributed by atoms with van der Waals surface area (Å²) in [5, 5.41) is 12.4. The Labute approximate surface area is 90.3 Å². The van der Waals surface area contributed by atoms with Gasteiger partial charge < -0.3 is 4.52 Å². The molecule has 15 heavy (non-hydrogen) atoms. The number of unbranched alkanes of at least 4 members (excludes halogenated alkanes) is 1. The van der Waals surface area contributed by atoms with Gasteiger partial charge in [-0.15, -0.1) is 0 Å². The molecule has 1 heterocycles. The van der Waals surface area contributed by atoms with Crippen LogP contribution in [0.1, 0.15) is 44.8 Å². The molecule has 1 rings (SSSR count). The number of hydrogen-bond acceptors (Lipinski definition) is 4. The normalized spacial score (nSPS) is 12.3. The van der Waals surface area contributed by atoms with Crippen molar-refractivity contribution in [1.82, 2.24) is 10.1 Å². The van der Waals surface area contributed by atoms with Crippen LogP contribution >= 0.6 is 0 Å². The van der Waals surface area contributed by atoms with Gasteiger partial charge in [-0.3, -0.25) is 0 Å². The molecule has 0 radical (unpaired) electrons. The summed E-state index contributed by atoms with van der Waals surface area (Å²) in [6.45, 7) is 4.15. The van der Waals surface area contributed by atoms with E-state index in [0.29, 0.717) is 18.7 Å². The van der Waals surface area contributed by atoms with Gasteiger partial charge in [0, 0.05) is 19.3 Å². The zero-order chi connectivity index (χ0) is 11.1. The summed E-state index contributed by atoms with van der Waals surface area (Å²) in [6.07, 6.45) is 4.34. The Hall–Kier alpha value is -1.37. The fraction of sp³-hybridized carbons (Fsp3) is 0.727. The lowest BCUT2D eigenvalue weighted by molar-refractivity contribution is 0.354. The molecule has 4 heteroatoms. The third-order valence-corrected chi connectivity index (χ3v) is 2.23. The van der Waals surface area contributed by atoms with E-state index in [1.54, 1.807) is 0 Å². The summed E-state index contributed by atoms with van der Waals surface area (Å²) in [7, 11) is 0. The molecule has 1 aromatic rings. The number of rotatable bonds is 6. The molecule has 0 bridgehead atoms. The first-order chi connectivity index (χ1) is 7.26. The Morgan fingerprint density at radius 3 is 3.00 bits per heavy atom. The minimum Gasteiger partial charge on any atom is -0.339 e. The molecule has 0 aliphatic heterocycles. The number of aromatic nitrogens is 2. The van der Waals surface area contributed by atoms with E-state index in [2.05, 4.69) is 23.1 Å². The second-order valence-corrected chi connectivity index (χ2v) is 3.88. The van der Waals surface area contributed by atoms with Gasteiger partial charge in [0.1, 0.15) is 0 Å². The van der Waals surface area contributed by atoms with Crippen LogP contribution in [0.25, 0.3) is 0 Å². The second kappa shape index (κ2) is 6.18. The molecule has 0 aromatic carbocycles. The molecule has 0 saturated carbocycles. The summed E-state index contributed by atoms with van der Waals surface area (Å²) >= 11 is 0. The van der Waals surface area contributed by atoms with Gasteiger partial charge in [0.05, 0.1) is 6.07 Å². The third kappa shape index (κ3) is 4.11. The van der Waals surface area contributed by atoms with Gasteiger partial charge >= 0.3 is 0 Å². The number of hydrogen-bond donors (Lipinski definition) is 0. The van der Waals surface area contributed by atoms with Crippen molar-refractivity contribution in [2.45, 2.75) is 46.0 Å². The molecule has 82 valence electrons. The van der Waals surface area contributed by atoms with Crippen molar-refractivity contribution in [3.63, 3.8) is 0 Å². The van der Waals surface area contributed by atoms with Crippen LogP contribution in [0, 0.1) is 17.2 Å². The molecule has 1 aromatic heterocycles. The van der Waals surface area contributed by atoms with Crippen molar-refractivity contribution in [3.8, 4) is 6.07 Å². The highest BCUT2D eigenvalue weighted by Crippen LogP contribution is 2.10. The van der Waals surface area contributed by atoms with Crippen LogP contribution in [0.5, 0.6) is 0 Å².